The second kappa shape index (κ2) is 7.27. The average molecular weight is 355 g/mol. The van der Waals surface area contributed by atoms with Crippen molar-refractivity contribution in [2.24, 2.45) is 0 Å². The van der Waals surface area contributed by atoms with Crippen LogP contribution in [0.3, 0.4) is 0 Å². The van der Waals surface area contributed by atoms with Crippen molar-refractivity contribution in [3.05, 3.63) is 28.2 Å². The molecule has 1 aliphatic heterocycles. The third-order valence-electron chi connectivity index (χ3n) is 3.65. The first-order valence-corrected chi connectivity index (χ1v) is 8.23. The summed E-state index contributed by atoms with van der Waals surface area (Å²) < 4.78 is 6.72. The van der Waals surface area contributed by atoms with Crippen LogP contribution in [-0.4, -0.2) is 43.1 Å². The van der Waals surface area contributed by atoms with Crippen LogP contribution in [0.1, 0.15) is 37.0 Å². The lowest BCUT2D eigenvalue weighted by molar-refractivity contribution is 0.0692. The van der Waals surface area contributed by atoms with E-state index in [0.717, 1.165) is 30.4 Å². The number of nitrogens with zero attached hydrogens (tertiary/aromatic N) is 1. The highest BCUT2D eigenvalue weighted by molar-refractivity contribution is 9.10. The van der Waals surface area contributed by atoms with Crippen molar-refractivity contribution in [3.8, 4) is 5.75 Å². The van der Waals surface area contributed by atoms with Crippen molar-refractivity contribution >= 4 is 21.8 Å². The Morgan fingerprint density at radius 1 is 1.48 bits per heavy atom. The summed E-state index contributed by atoms with van der Waals surface area (Å²) in [7, 11) is 1.95. The van der Waals surface area contributed by atoms with Crippen LogP contribution in [0.2, 0.25) is 0 Å². The Balaban J connectivity index is 2.21. The summed E-state index contributed by atoms with van der Waals surface area (Å²) in [4.78, 5) is 14.7. The topological polar surface area (TPSA) is 41.6 Å². The van der Waals surface area contributed by atoms with Gasteiger partial charge in [-0.25, -0.2) is 0 Å². The Bertz CT molecular complexity index is 505. The number of carbonyl (C=O) groups is 1. The fraction of sp³-hybridized carbons (Fsp3) is 0.562. The number of amides is 1. The summed E-state index contributed by atoms with van der Waals surface area (Å²) >= 11 is 3.44. The second-order valence-electron chi connectivity index (χ2n) is 5.69. The number of rotatable bonds is 4. The molecule has 21 heavy (non-hydrogen) atoms. The number of hydrogen-bond donors (Lipinski definition) is 1. The van der Waals surface area contributed by atoms with E-state index in [1.807, 2.05) is 44.0 Å². The van der Waals surface area contributed by atoms with Gasteiger partial charge in [0, 0.05) is 23.6 Å². The third-order valence-corrected chi connectivity index (χ3v) is 4.15. The zero-order valence-electron chi connectivity index (χ0n) is 12.9. The van der Waals surface area contributed by atoms with Gasteiger partial charge < -0.3 is 15.0 Å². The molecule has 1 fully saturated rings. The number of hydrogen-bond acceptors (Lipinski definition) is 3. The molecule has 4 nitrogen and oxygen atoms in total. The van der Waals surface area contributed by atoms with Gasteiger partial charge in [0.1, 0.15) is 5.75 Å². The van der Waals surface area contributed by atoms with Gasteiger partial charge in [-0.05, 0) is 51.9 Å². The van der Waals surface area contributed by atoms with Crippen LogP contribution in [0.25, 0.3) is 0 Å². The van der Waals surface area contributed by atoms with Crippen molar-refractivity contribution in [2.75, 3.05) is 20.1 Å². The number of nitrogens with one attached hydrogen (secondary N) is 1. The molecule has 1 aliphatic rings. The van der Waals surface area contributed by atoms with Crippen molar-refractivity contribution in [3.63, 3.8) is 0 Å². The van der Waals surface area contributed by atoms with Gasteiger partial charge in [-0.1, -0.05) is 15.9 Å². The number of likely N-dealkylation sites (tertiary alicyclic amines) is 1. The number of likely N-dealkylation sites (N-methyl/N-ethyl adjacent to an activating group) is 1. The molecule has 0 bridgehead atoms. The SMILES string of the molecule is CNC1CCCN(C(=O)c2ccc(Br)cc2OC(C)C)C1. The van der Waals surface area contributed by atoms with E-state index in [1.165, 1.54) is 0 Å². The highest BCUT2D eigenvalue weighted by atomic mass is 79.9. The molecule has 1 amide bonds. The zero-order chi connectivity index (χ0) is 15.4. The van der Waals surface area contributed by atoms with Gasteiger partial charge in [-0.15, -0.1) is 0 Å². The number of carbonyl (C=O) groups excluding carboxylic acids is 1. The summed E-state index contributed by atoms with van der Waals surface area (Å²) in [6.07, 6.45) is 2.20. The highest BCUT2D eigenvalue weighted by Gasteiger charge is 2.25. The maximum atomic E-state index is 12.8. The quantitative estimate of drug-likeness (QED) is 0.903. The molecule has 116 valence electrons. The molecule has 1 atom stereocenters. The molecule has 0 saturated carbocycles. The van der Waals surface area contributed by atoms with Crippen molar-refractivity contribution in [1.82, 2.24) is 10.2 Å². The summed E-state index contributed by atoms with van der Waals surface area (Å²) in [5, 5.41) is 3.26. The smallest absolute Gasteiger partial charge is 0.257 e. The molecular weight excluding hydrogens is 332 g/mol. The van der Waals surface area contributed by atoms with Crippen LogP contribution < -0.4 is 10.1 Å². The fourth-order valence-electron chi connectivity index (χ4n) is 2.59. The number of piperidine rings is 1. The lowest BCUT2D eigenvalue weighted by Gasteiger charge is -2.33. The van der Waals surface area contributed by atoms with Gasteiger partial charge in [0.25, 0.3) is 5.91 Å². The second-order valence-corrected chi connectivity index (χ2v) is 6.60. The molecule has 2 rings (SSSR count). The first kappa shape index (κ1) is 16.3. The number of benzene rings is 1. The molecule has 0 spiro atoms. The van der Waals surface area contributed by atoms with Gasteiger partial charge in [0.05, 0.1) is 11.7 Å². The average Bonchev–Trinajstić information content (AvgIpc) is 2.46. The number of halogens is 1. The zero-order valence-corrected chi connectivity index (χ0v) is 14.4. The minimum atomic E-state index is 0.0391. The monoisotopic (exact) mass is 354 g/mol. The molecule has 1 aromatic rings. The molecule has 0 aliphatic carbocycles. The van der Waals surface area contributed by atoms with Gasteiger partial charge >= 0.3 is 0 Å². The van der Waals surface area contributed by atoms with E-state index in [-0.39, 0.29) is 12.0 Å². The minimum absolute atomic E-state index is 0.0391. The van der Waals surface area contributed by atoms with Crippen LogP contribution in [0.4, 0.5) is 0 Å². The largest absolute Gasteiger partial charge is 0.490 e. The standard InChI is InChI=1S/C16H23BrN2O2/c1-11(2)21-15-9-12(17)6-7-14(15)16(20)19-8-4-5-13(10-19)18-3/h6-7,9,11,13,18H,4-5,8,10H2,1-3H3. The Kier molecular flexibility index (Phi) is 5.65. The predicted octanol–water partition coefficient (Wildman–Crippen LogP) is 3.06. The van der Waals surface area contributed by atoms with Gasteiger partial charge in [0.15, 0.2) is 0 Å². The van der Waals surface area contributed by atoms with Crippen molar-refractivity contribution in [1.29, 1.82) is 0 Å². The van der Waals surface area contributed by atoms with E-state index in [0.29, 0.717) is 17.4 Å². The maximum Gasteiger partial charge on any atom is 0.257 e. The van der Waals surface area contributed by atoms with Crippen LogP contribution in [0.15, 0.2) is 22.7 Å². The lowest BCUT2D eigenvalue weighted by Crippen LogP contribution is -2.47. The first-order valence-electron chi connectivity index (χ1n) is 7.44. The van der Waals surface area contributed by atoms with Gasteiger partial charge in [-0.2, -0.15) is 0 Å². The summed E-state index contributed by atoms with van der Waals surface area (Å²) in [6, 6.07) is 5.98. The molecule has 1 heterocycles. The molecule has 1 unspecified atom stereocenters. The Hall–Kier alpha value is -1.07. The van der Waals surface area contributed by atoms with Crippen LogP contribution in [-0.2, 0) is 0 Å². The fourth-order valence-corrected chi connectivity index (χ4v) is 2.93. The number of ether oxygens (including phenoxy) is 1. The maximum absolute atomic E-state index is 12.8. The molecule has 5 heteroatoms. The Labute approximate surface area is 135 Å². The molecule has 0 radical (unpaired) electrons. The summed E-state index contributed by atoms with van der Waals surface area (Å²) in [6.45, 7) is 5.50. The Morgan fingerprint density at radius 2 is 2.24 bits per heavy atom. The van der Waals surface area contributed by atoms with Crippen LogP contribution in [0, 0.1) is 0 Å². The molecule has 1 aromatic carbocycles. The molecule has 1 N–H and O–H groups in total. The third kappa shape index (κ3) is 4.20. The van der Waals surface area contributed by atoms with Crippen LogP contribution >= 0.6 is 15.9 Å². The van der Waals surface area contributed by atoms with Gasteiger partial charge in [-0.3, -0.25) is 4.79 Å². The normalized spacial score (nSPS) is 18.9. The highest BCUT2D eigenvalue weighted by Crippen LogP contribution is 2.27. The summed E-state index contributed by atoms with van der Waals surface area (Å²) in [5.41, 5.74) is 0.642. The predicted molar refractivity (Wildman–Crippen MR) is 87.9 cm³/mol. The van der Waals surface area contributed by atoms with E-state index in [4.69, 9.17) is 4.74 Å². The van der Waals surface area contributed by atoms with Crippen LogP contribution in [0.5, 0.6) is 5.75 Å². The lowest BCUT2D eigenvalue weighted by atomic mass is 10.0. The van der Waals surface area contributed by atoms with Crippen molar-refractivity contribution in [2.45, 2.75) is 38.8 Å². The molecule has 0 aromatic heterocycles. The van der Waals surface area contributed by atoms with E-state index >= 15 is 0 Å². The van der Waals surface area contributed by atoms with Crippen molar-refractivity contribution < 1.29 is 9.53 Å². The van der Waals surface area contributed by atoms with E-state index in [1.54, 1.807) is 0 Å². The van der Waals surface area contributed by atoms with E-state index < -0.39 is 0 Å². The van der Waals surface area contributed by atoms with E-state index in [2.05, 4.69) is 21.2 Å². The molecule has 1 saturated heterocycles. The first-order chi connectivity index (χ1) is 10.0. The van der Waals surface area contributed by atoms with E-state index in [9.17, 15) is 4.79 Å². The summed E-state index contributed by atoms with van der Waals surface area (Å²) in [5.74, 6) is 0.703. The minimum Gasteiger partial charge on any atom is -0.490 e. The Morgan fingerprint density at radius 3 is 2.90 bits per heavy atom. The van der Waals surface area contributed by atoms with Gasteiger partial charge in [0.2, 0.25) is 0 Å². The molecular formula is C16H23BrN2O2.